The van der Waals surface area contributed by atoms with Gasteiger partial charge in [-0.2, -0.15) is 13.2 Å². The van der Waals surface area contributed by atoms with Gasteiger partial charge in [0.15, 0.2) is 0 Å². The fourth-order valence-corrected chi connectivity index (χ4v) is 5.30. The van der Waals surface area contributed by atoms with Crippen LogP contribution in [0.15, 0.2) is 91.0 Å². The predicted octanol–water partition coefficient (Wildman–Crippen LogP) is 9.13. The number of carbonyl (C=O) groups is 1. The summed E-state index contributed by atoms with van der Waals surface area (Å²) in [7, 11) is 0. The van der Waals surface area contributed by atoms with Gasteiger partial charge in [0.2, 0.25) is 0 Å². The van der Waals surface area contributed by atoms with Crippen LogP contribution in [0, 0.1) is 13.8 Å². The first-order chi connectivity index (χ1) is 20.1. The van der Waals surface area contributed by atoms with Crippen molar-refractivity contribution in [2.24, 2.45) is 0 Å². The van der Waals surface area contributed by atoms with Crippen LogP contribution in [-0.4, -0.2) is 30.4 Å². The molecule has 0 aliphatic rings. The lowest BCUT2D eigenvalue weighted by molar-refractivity contribution is -0.137. The van der Waals surface area contributed by atoms with Crippen molar-refractivity contribution in [3.8, 4) is 11.1 Å². The summed E-state index contributed by atoms with van der Waals surface area (Å²) >= 11 is 0. The first-order valence-electron chi connectivity index (χ1n) is 14.3. The molecule has 4 nitrogen and oxygen atoms in total. The summed E-state index contributed by atoms with van der Waals surface area (Å²) in [5.41, 5.74) is 5.55. The summed E-state index contributed by atoms with van der Waals surface area (Å²) in [6.45, 7) is 10.8. The number of carbonyl (C=O) groups excluding carboxylic acids is 1. The van der Waals surface area contributed by atoms with Gasteiger partial charge in [-0.3, -0.25) is 9.69 Å². The summed E-state index contributed by atoms with van der Waals surface area (Å²) in [6.07, 6.45) is -3.38. The second kappa shape index (κ2) is 13.7. The third kappa shape index (κ3) is 7.59. The van der Waals surface area contributed by atoms with Gasteiger partial charge in [-0.05, 0) is 85.5 Å². The average molecular weight is 574 g/mol. The normalized spacial score (nSPS) is 12.3. The molecule has 0 fully saturated rings. The van der Waals surface area contributed by atoms with E-state index in [0.29, 0.717) is 28.4 Å². The van der Waals surface area contributed by atoms with E-state index in [9.17, 15) is 18.0 Å². The van der Waals surface area contributed by atoms with Gasteiger partial charge >= 0.3 is 6.18 Å². The van der Waals surface area contributed by atoms with Gasteiger partial charge in [-0.25, -0.2) is 0 Å². The third-order valence-electron chi connectivity index (χ3n) is 7.56. The molecule has 0 aromatic heterocycles. The maximum absolute atomic E-state index is 13.4. The lowest BCUT2D eigenvalue weighted by Gasteiger charge is -2.30. The van der Waals surface area contributed by atoms with E-state index in [1.54, 1.807) is 12.1 Å². The molecular weight excluding hydrogens is 535 g/mol. The minimum Gasteiger partial charge on any atom is -0.384 e. The molecule has 0 heterocycles. The van der Waals surface area contributed by atoms with Gasteiger partial charge in [-0.1, -0.05) is 74.0 Å². The van der Waals surface area contributed by atoms with Crippen LogP contribution in [0.25, 0.3) is 11.1 Å². The molecule has 1 amide bonds. The number of hydrogen-bond donors (Lipinski definition) is 2. The fraction of sp³-hybridized carbons (Fsp3) is 0.286. The molecular formula is C35H38F3N3O. The van der Waals surface area contributed by atoms with E-state index in [1.807, 2.05) is 44.2 Å². The lowest BCUT2D eigenvalue weighted by atomic mass is 9.96. The van der Waals surface area contributed by atoms with E-state index in [4.69, 9.17) is 0 Å². The number of alkyl halides is 3. The molecule has 4 aromatic carbocycles. The van der Waals surface area contributed by atoms with E-state index < -0.39 is 11.7 Å². The molecule has 0 spiro atoms. The van der Waals surface area contributed by atoms with E-state index in [0.717, 1.165) is 55.0 Å². The molecule has 0 aliphatic carbocycles. The molecule has 4 rings (SSSR count). The summed E-state index contributed by atoms with van der Waals surface area (Å²) in [5, 5.41) is 6.51. The Labute approximate surface area is 246 Å². The third-order valence-corrected chi connectivity index (χ3v) is 7.56. The zero-order valence-corrected chi connectivity index (χ0v) is 24.6. The summed E-state index contributed by atoms with van der Waals surface area (Å²) in [5.74, 6) is -0.317. The quantitative estimate of drug-likeness (QED) is 0.188. The van der Waals surface area contributed by atoms with E-state index in [-0.39, 0.29) is 5.91 Å². The maximum Gasteiger partial charge on any atom is 0.416 e. The van der Waals surface area contributed by atoms with E-state index in [2.05, 4.69) is 53.6 Å². The molecule has 0 saturated heterocycles. The monoisotopic (exact) mass is 573 g/mol. The summed E-state index contributed by atoms with van der Waals surface area (Å²) in [6, 6.07) is 27.0. The first kappa shape index (κ1) is 30.8. The number of amides is 1. The second-order valence-corrected chi connectivity index (χ2v) is 10.5. The zero-order valence-electron chi connectivity index (χ0n) is 24.6. The minimum absolute atomic E-state index is 0.317. The van der Waals surface area contributed by atoms with Crippen molar-refractivity contribution in [1.29, 1.82) is 0 Å². The van der Waals surface area contributed by atoms with Crippen LogP contribution in [0.1, 0.15) is 58.9 Å². The van der Waals surface area contributed by atoms with Crippen LogP contribution in [-0.2, 0) is 6.18 Å². The SMILES string of the molecule is CCC(c1ccccc1)N(CC)CCNc1ccc(NC(=O)c2cc(C)ccc2-c2ccc(C(F)(F)F)cc2)c(C)c1. The molecule has 42 heavy (non-hydrogen) atoms. The highest BCUT2D eigenvalue weighted by Crippen LogP contribution is 2.33. The van der Waals surface area contributed by atoms with Crippen LogP contribution >= 0.6 is 0 Å². The molecule has 2 N–H and O–H groups in total. The Bertz CT molecular complexity index is 1480. The maximum atomic E-state index is 13.4. The first-order valence-corrected chi connectivity index (χ1v) is 14.3. The number of likely N-dealkylation sites (N-methyl/N-ethyl adjacent to an activating group) is 1. The minimum atomic E-state index is -4.42. The highest BCUT2D eigenvalue weighted by molar-refractivity contribution is 6.09. The highest BCUT2D eigenvalue weighted by Gasteiger charge is 2.30. The van der Waals surface area contributed by atoms with Gasteiger partial charge in [0.25, 0.3) is 5.91 Å². The lowest BCUT2D eigenvalue weighted by Crippen LogP contribution is -2.32. The van der Waals surface area contributed by atoms with E-state index >= 15 is 0 Å². The molecule has 7 heteroatoms. The Morgan fingerprint density at radius 2 is 1.60 bits per heavy atom. The van der Waals surface area contributed by atoms with E-state index in [1.165, 1.54) is 17.7 Å². The standard InChI is InChI=1S/C35H38F3N3O/c1-5-33(27-10-8-7-9-11-27)41(6-2)21-20-39-29-17-19-32(25(4)23-29)40-34(42)31-22-24(3)12-18-30(31)26-13-15-28(16-14-26)35(36,37)38/h7-19,22-23,33,39H,5-6,20-21H2,1-4H3,(H,40,42). The number of hydrogen-bond acceptors (Lipinski definition) is 3. The number of halogens is 3. The summed E-state index contributed by atoms with van der Waals surface area (Å²) < 4.78 is 39.2. The molecule has 0 saturated carbocycles. The molecule has 0 radical (unpaired) electrons. The van der Waals surface area contributed by atoms with Gasteiger partial charge in [0, 0.05) is 36.1 Å². The molecule has 0 aliphatic heterocycles. The Morgan fingerprint density at radius 3 is 2.21 bits per heavy atom. The number of nitrogens with one attached hydrogen (secondary N) is 2. The molecule has 220 valence electrons. The second-order valence-electron chi connectivity index (χ2n) is 10.5. The van der Waals surface area contributed by atoms with Crippen molar-refractivity contribution in [2.75, 3.05) is 30.3 Å². The van der Waals surface area contributed by atoms with Crippen molar-refractivity contribution in [3.63, 3.8) is 0 Å². The summed E-state index contributed by atoms with van der Waals surface area (Å²) in [4.78, 5) is 15.9. The molecule has 1 atom stereocenters. The van der Waals surface area contributed by atoms with Crippen molar-refractivity contribution in [3.05, 3.63) is 119 Å². The largest absolute Gasteiger partial charge is 0.416 e. The van der Waals surface area contributed by atoms with Crippen molar-refractivity contribution in [1.82, 2.24) is 4.90 Å². The Balaban J connectivity index is 1.43. The van der Waals surface area contributed by atoms with Gasteiger partial charge < -0.3 is 10.6 Å². The topological polar surface area (TPSA) is 44.4 Å². The van der Waals surface area contributed by atoms with Crippen molar-refractivity contribution < 1.29 is 18.0 Å². The number of rotatable bonds is 11. The zero-order chi connectivity index (χ0) is 30.3. The van der Waals surface area contributed by atoms with Gasteiger partial charge in [0.05, 0.1) is 5.56 Å². The van der Waals surface area contributed by atoms with Crippen LogP contribution < -0.4 is 10.6 Å². The number of aryl methyl sites for hydroxylation is 2. The number of anilines is 2. The molecule has 0 bridgehead atoms. The number of benzene rings is 4. The van der Waals surface area contributed by atoms with Crippen molar-refractivity contribution in [2.45, 2.75) is 46.3 Å². The number of nitrogens with zero attached hydrogens (tertiary/aromatic N) is 1. The molecule has 1 unspecified atom stereocenters. The highest BCUT2D eigenvalue weighted by atomic mass is 19.4. The molecule has 4 aromatic rings. The van der Waals surface area contributed by atoms with Gasteiger partial charge in [0.1, 0.15) is 0 Å². The predicted molar refractivity (Wildman–Crippen MR) is 166 cm³/mol. The Morgan fingerprint density at radius 1 is 0.881 bits per heavy atom. The van der Waals surface area contributed by atoms with Crippen molar-refractivity contribution >= 4 is 17.3 Å². The Hall–Kier alpha value is -4.10. The fourth-order valence-electron chi connectivity index (χ4n) is 5.30. The average Bonchev–Trinajstić information content (AvgIpc) is 2.98. The van der Waals surface area contributed by atoms with Gasteiger partial charge in [-0.15, -0.1) is 0 Å². The Kier molecular flexibility index (Phi) is 10.1. The van der Waals surface area contributed by atoms with Crippen LogP contribution in [0.3, 0.4) is 0 Å². The van der Waals surface area contributed by atoms with Crippen LogP contribution in [0.4, 0.5) is 24.5 Å². The van der Waals surface area contributed by atoms with Crippen LogP contribution in [0.2, 0.25) is 0 Å². The van der Waals surface area contributed by atoms with Crippen LogP contribution in [0.5, 0.6) is 0 Å². The smallest absolute Gasteiger partial charge is 0.384 e.